The van der Waals surface area contributed by atoms with Gasteiger partial charge in [-0.05, 0) is 105 Å². The average molecular weight is 1460 g/mol. The van der Waals surface area contributed by atoms with Gasteiger partial charge in [-0.1, -0.05) is 147 Å². The molecule has 0 radical (unpaired) electrons. The quantitative estimate of drug-likeness (QED) is 0.0715. The molecule has 96 heavy (non-hydrogen) atoms. The van der Waals surface area contributed by atoms with Gasteiger partial charge in [-0.25, -0.2) is 0 Å². The number of ketones is 7. The topological polar surface area (TPSA) is 203 Å². The Kier molecular flexibility index (Phi) is 23.0. The van der Waals surface area contributed by atoms with E-state index in [9.17, 15) is 43.2 Å². The highest BCUT2D eigenvalue weighted by Gasteiger charge is 2.35. The smallest absolute Gasteiger partial charge is 0.258 e. The van der Waals surface area contributed by atoms with Gasteiger partial charge in [0.2, 0.25) is 11.7 Å². The lowest BCUT2D eigenvalue weighted by Gasteiger charge is -2.30. The third-order valence-electron chi connectivity index (χ3n) is 16.7. The lowest BCUT2D eigenvalue weighted by molar-refractivity contribution is -0.116. The summed E-state index contributed by atoms with van der Waals surface area (Å²) in [6.07, 6.45) is 0. The highest BCUT2D eigenvalue weighted by molar-refractivity contribution is 9.10. The molecule has 7 aliphatic heterocycles. The molecule has 7 aliphatic rings. The van der Waals surface area contributed by atoms with E-state index >= 15 is 0 Å². The van der Waals surface area contributed by atoms with E-state index in [0.29, 0.717) is 45.9 Å². The van der Waals surface area contributed by atoms with Crippen LogP contribution in [0.2, 0.25) is 20.1 Å². The number of ether oxygens (including phenoxy) is 1. The molecule has 3 atom stereocenters. The van der Waals surface area contributed by atoms with Crippen molar-refractivity contribution in [2.24, 2.45) is 5.92 Å². The zero-order chi connectivity index (χ0) is 69.6. The summed E-state index contributed by atoms with van der Waals surface area (Å²) < 4.78 is 6.03. The Hall–Kier alpha value is -8.88. The van der Waals surface area contributed by atoms with Crippen LogP contribution in [0.1, 0.15) is 109 Å². The minimum atomic E-state index is -0.526. The van der Waals surface area contributed by atoms with E-state index in [4.69, 9.17) is 62.7 Å². The number of Topliss-reactive ketones (excluding diaryl/α,β-unsaturated/α-hetero) is 7. The summed E-state index contributed by atoms with van der Waals surface area (Å²) >= 11 is 32.6. The van der Waals surface area contributed by atoms with Crippen molar-refractivity contribution in [2.75, 3.05) is 96.1 Å². The van der Waals surface area contributed by atoms with Crippen LogP contribution < -0.4 is 39.9 Å². The predicted octanol–water partition coefficient (Wildman–Crippen LogP) is 15.6. The Morgan fingerprint density at radius 3 is 1.74 bits per heavy atom. The number of benzene rings is 8. The molecule has 2 N–H and O–H groups in total. The largest absolute Gasteiger partial charge is 0.497 e. The second-order valence-corrected chi connectivity index (χ2v) is 25.9. The van der Waals surface area contributed by atoms with Gasteiger partial charge in [-0.2, -0.15) is 0 Å². The lowest BCUT2D eigenvalue weighted by atomic mass is 9.93. The number of hydrogen-bond donors (Lipinski definition) is 2. The summed E-state index contributed by atoms with van der Waals surface area (Å²) in [7, 11) is 7.42. The van der Waals surface area contributed by atoms with Crippen LogP contribution in [0.4, 0.5) is 39.8 Å². The van der Waals surface area contributed by atoms with Gasteiger partial charge in [0.1, 0.15) is 5.75 Å². The summed E-state index contributed by atoms with van der Waals surface area (Å²) in [4.78, 5) is 113. The zero-order valence-corrected chi connectivity index (χ0v) is 58.7. The minimum absolute atomic E-state index is 0.00250. The van der Waals surface area contributed by atoms with Gasteiger partial charge in [-0.15, -0.1) is 0 Å². The number of anilines is 7. The first-order valence-corrected chi connectivity index (χ1v) is 32.9. The lowest BCUT2D eigenvalue weighted by Crippen LogP contribution is -2.35. The fourth-order valence-corrected chi connectivity index (χ4v) is 13.0. The molecule has 0 saturated heterocycles. The Labute approximate surface area is 589 Å². The number of halogens is 6. The molecule has 8 aromatic carbocycles. The number of nitrogens with zero attached hydrogens (tertiary/aromatic N) is 5. The van der Waals surface area contributed by atoms with Gasteiger partial charge < -0.3 is 35.0 Å². The molecule has 23 heteroatoms. The fraction of sp³-hybridized carbons (Fsp3) is 0.219. The van der Waals surface area contributed by atoms with Crippen LogP contribution in [0.5, 0.6) is 5.75 Å². The van der Waals surface area contributed by atoms with Crippen molar-refractivity contribution >= 4 is 166 Å². The Morgan fingerprint density at radius 1 is 0.521 bits per heavy atom. The molecule has 7 heterocycles. The van der Waals surface area contributed by atoms with Crippen molar-refractivity contribution in [3.05, 3.63) is 232 Å². The Bertz CT molecular complexity index is 4440. The van der Waals surface area contributed by atoms with Gasteiger partial charge in [0, 0.05) is 107 Å². The van der Waals surface area contributed by atoms with Crippen LogP contribution in [-0.4, -0.2) is 125 Å². The standard InChI is InChI=1S/C15H11NO2.C12H15NO2.C11H13NO.C10H8BrNO2.C9H8ClNO.C8H3Cl4NO.C8H7NO/c17-14-10-16(13-9-5-4-8-12(13)14)15(18)11-6-2-1-3-7-11;1-8-7-13(2)11-6-9(15-3)4-5-10(11)12(8)14;1-7-4-5-10-9(6-7)11(13)8(2)12(10)3;1-6(13)12-5-10(14)8-3-2-7(11)4-9(8)12;1-11-7-5-3-2-4-6(7)8(12)9(11)10;9-4-3-2(14)1-13-8(3)7(12)6(11)5(4)10;10-8-5-9-7-4-2-1-3-6(7)8/h1-9H,10H2;4-6,8H,7H2,1-3H3;4-6,8H,1-3H3;2-4H,5H2,1H3;2-5,9H,1H3;13H,1H2;1-4,9H,5H2. The maximum Gasteiger partial charge on any atom is 0.258 e. The molecule has 2 amide bonds. The molecule has 8 aromatic rings. The number of methoxy groups -OCH3 is 1. The van der Waals surface area contributed by atoms with E-state index in [-0.39, 0.29) is 104 Å². The molecule has 0 bridgehead atoms. The van der Waals surface area contributed by atoms with Crippen molar-refractivity contribution in [1.29, 1.82) is 0 Å². The highest BCUT2D eigenvalue weighted by Crippen LogP contribution is 2.46. The predicted molar refractivity (Wildman–Crippen MR) is 386 cm³/mol. The number of likely N-dealkylation sites (N-methyl/N-ethyl adjacent to an activating group) is 2. The molecular formula is C73H65BrCl5N7O10. The molecule has 0 spiro atoms. The number of nitrogens with one attached hydrogen (secondary N) is 2. The number of para-hydroxylation sites is 3. The SMILES string of the molecule is CC(=O)N1CC(=O)c2ccc(Br)cc21.CN1c2ccccc2C(=O)C1Cl.COc1ccc2c(c1)N(C)CC(C)C2=O.Cc1ccc2c(c1)C(=O)C(C)N2C.O=C1CN(C(=O)c2ccccc2)c2ccccc21.O=C1CNc2c(Cl)c(Cl)c(Cl)c(Cl)c21.O=C1CNc2ccccc21. The Morgan fingerprint density at radius 2 is 1.08 bits per heavy atom. The summed E-state index contributed by atoms with van der Waals surface area (Å²) in [5.41, 5.74) is 11.8. The number of amides is 2. The molecule has 15 rings (SSSR count). The third-order valence-corrected chi connectivity index (χ3v) is 19.5. The fourth-order valence-electron chi connectivity index (χ4n) is 11.4. The summed E-state index contributed by atoms with van der Waals surface area (Å²) in [5, 5.41) is 6.50. The molecule has 0 aliphatic carbocycles. The van der Waals surface area contributed by atoms with Crippen LogP contribution in [-0.2, 0) is 4.79 Å². The van der Waals surface area contributed by atoms with E-state index in [2.05, 4.69) is 31.5 Å². The van der Waals surface area contributed by atoms with Crippen molar-refractivity contribution in [3.8, 4) is 5.75 Å². The van der Waals surface area contributed by atoms with Crippen molar-refractivity contribution in [2.45, 2.75) is 39.2 Å². The van der Waals surface area contributed by atoms with Gasteiger partial charge in [-0.3, -0.25) is 48.1 Å². The van der Waals surface area contributed by atoms with Gasteiger partial charge >= 0.3 is 0 Å². The van der Waals surface area contributed by atoms with Gasteiger partial charge in [0.15, 0.2) is 40.2 Å². The number of carbonyl (C=O) groups is 9. The van der Waals surface area contributed by atoms with Crippen LogP contribution >= 0.6 is 73.9 Å². The number of aryl methyl sites for hydroxylation is 1. The first kappa shape index (κ1) is 71.4. The number of hydrogen-bond acceptors (Lipinski definition) is 15. The van der Waals surface area contributed by atoms with Crippen LogP contribution in [0.3, 0.4) is 0 Å². The third kappa shape index (κ3) is 15.2. The first-order chi connectivity index (χ1) is 45.7. The average Bonchev–Trinajstić information content (AvgIpc) is 1.27. The first-order valence-electron chi connectivity index (χ1n) is 30.1. The monoisotopic (exact) mass is 1450 g/mol. The van der Waals surface area contributed by atoms with Crippen LogP contribution in [0.25, 0.3) is 0 Å². The summed E-state index contributed by atoms with van der Waals surface area (Å²) in [6, 6.07) is 48.2. The van der Waals surface area contributed by atoms with Crippen LogP contribution in [0.15, 0.2) is 162 Å². The molecule has 0 saturated carbocycles. The van der Waals surface area contributed by atoms with Gasteiger partial charge in [0.05, 0.1) is 87.7 Å². The molecule has 17 nitrogen and oxygen atoms in total. The van der Waals surface area contributed by atoms with E-state index in [1.165, 1.54) is 16.7 Å². The molecule has 0 fully saturated rings. The van der Waals surface area contributed by atoms with Crippen LogP contribution in [0, 0.1) is 12.8 Å². The minimum Gasteiger partial charge on any atom is -0.497 e. The normalized spacial score (nSPS) is 16.8. The van der Waals surface area contributed by atoms with E-state index in [1.807, 2.05) is 156 Å². The van der Waals surface area contributed by atoms with Gasteiger partial charge in [0.25, 0.3) is 5.91 Å². The van der Waals surface area contributed by atoms with E-state index in [0.717, 1.165) is 67.3 Å². The number of rotatable bonds is 2. The molecular weight excluding hydrogens is 1390 g/mol. The number of carbonyl (C=O) groups excluding carboxylic acids is 9. The van der Waals surface area contributed by atoms with Crippen molar-refractivity contribution in [3.63, 3.8) is 0 Å². The van der Waals surface area contributed by atoms with E-state index in [1.54, 1.807) is 60.5 Å². The molecule has 3 unspecified atom stereocenters. The number of alkyl halides is 1. The maximum atomic E-state index is 12.3. The molecule has 0 aromatic heterocycles. The summed E-state index contributed by atoms with van der Waals surface area (Å²) in [6.45, 7) is 9.08. The summed E-state index contributed by atoms with van der Waals surface area (Å²) in [5.74, 6) is 1.16. The Balaban J connectivity index is 0.000000132. The van der Waals surface area contributed by atoms with Crippen molar-refractivity contribution < 1.29 is 47.9 Å². The van der Waals surface area contributed by atoms with Crippen molar-refractivity contribution in [1.82, 2.24) is 0 Å². The second-order valence-electron chi connectivity index (χ2n) is 23.0. The second kappa shape index (κ2) is 30.9. The molecule has 494 valence electrons. The maximum absolute atomic E-state index is 12.3. The zero-order valence-electron chi connectivity index (χ0n) is 53.4. The number of fused-ring (bicyclic) bond motifs is 7. The van der Waals surface area contributed by atoms with E-state index < -0.39 is 5.50 Å². The highest BCUT2D eigenvalue weighted by atomic mass is 79.9.